The Morgan fingerprint density at radius 3 is 2.61 bits per heavy atom. The SMILES string of the molecule is Cc1cc(N2CCC(CS(C)(=O)=O)CC2)ccn1. The lowest BCUT2D eigenvalue weighted by molar-refractivity contribution is 0.436. The number of rotatable bonds is 3. The molecule has 2 heterocycles. The van der Waals surface area contributed by atoms with Gasteiger partial charge in [0.05, 0.1) is 5.75 Å². The van der Waals surface area contributed by atoms with E-state index in [-0.39, 0.29) is 0 Å². The van der Waals surface area contributed by atoms with Crippen LogP contribution < -0.4 is 4.90 Å². The molecule has 1 aliphatic heterocycles. The van der Waals surface area contributed by atoms with E-state index in [9.17, 15) is 8.42 Å². The van der Waals surface area contributed by atoms with Crippen LogP contribution in [0.4, 0.5) is 5.69 Å². The molecule has 0 aromatic carbocycles. The third kappa shape index (κ3) is 3.70. The molecule has 1 aliphatic rings. The molecule has 0 saturated carbocycles. The Labute approximate surface area is 109 Å². The van der Waals surface area contributed by atoms with E-state index >= 15 is 0 Å². The van der Waals surface area contributed by atoms with Gasteiger partial charge in [0.2, 0.25) is 0 Å². The van der Waals surface area contributed by atoms with Crippen molar-refractivity contribution >= 4 is 15.5 Å². The number of aromatic nitrogens is 1. The predicted octanol–water partition coefficient (Wildman–Crippen LogP) is 1.65. The highest BCUT2D eigenvalue weighted by molar-refractivity contribution is 7.90. The lowest BCUT2D eigenvalue weighted by atomic mass is 9.98. The van der Waals surface area contributed by atoms with Crippen LogP contribution in [0.2, 0.25) is 0 Å². The highest BCUT2D eigenvalue weighted by Gasteiger charge is 2.22. The van der Waals surface area contributed by atoms with Gasteiger partial charge in [0.1, 0.15) is 9.84 Å². The summed E-state index contributed by atoms with van der Waals surface area (Å²) in [5, 5.41) is 0. The minimum absolute atomic E-state index is 0.319. The highest BCUT2D eigenvalue weighted by atomic mass is 32.2. The van der Waals surface area contributed by atoms with Crippen molar-refractivity contribution in [3.05, 3.63) is 24.0 Å². The van der Waals surface area contributed by atoms with E-state index < -0.39 is 9.84 Å². The number of hydrogen-bond donors (Lipinski definition) is 0. The molecule has 0 atom stereocenters. The van der Waals surface area contributed by atoms with Gasteiger partial charge in [-0.25, -0.2) is 8.42 Å². The van der Waals surface area contributed by atoms with Crippen LogP contribution in [0.15, 0.2) is 18.3 Å². The van der Waals surface area contributed by atoms with E-state index in [4.69, 9.17) is 0 Å². The molecule has 5 heteroatoms. The number of sulfone groups is 1. The molecule has 0 radical (unpaired) electrons. The minimum atomic E-state index is -2.84. The van der Waals surface area contributed by atoms with Crippen molar-refractivity contribution in [3.8, 4) is 0 Å². The van der Waals surface area contributed by atoms with Crippen molar-refractivity contribution in [1.29, 1.82) is 0 Å². The second-order valence-electron chi connectivity index (χ2n) is 5.18. The van der Waals surface area contributed by atoms with Gasteiger partial charge >= 0.3 is 0 Å². The first-order chi connectivity index (χ1) is 8.44. The summed E-state index contributed by atoms with van der Waals surface area (Å²) >= 11 is 0. The third-order valence-electron chi connectivity index (χ3n) is 3.40. The maximum Gasteiger partial charge on any atom is 0.147 e. The van der Waals surface area contributed by atoms with Crippen molar-refractivity contribution < 1.29 is 8.42 Å². The smallest absolute Gasteiger partial charge is 0.147 e. The molecular formula is C13H20N2O2S. The van der Waals surface area contributed by atoms with Crippen molar-refractivity contribution in [2.75, 3.05) is 30.0 Å². The number of aryl methyl sites for hydroxylation is 1. The van der Waals surface area contributed by atoms with Crippen LogP contribution >= 0.6 is 0 Å². The molecule has 0 unspecified atom stereocenters. The minimum Gasteiger partial charge on any atom is -0.371 e. The molecule has 1 saturated heterocycles. The first-order valence-electron chi connectivity index (χ1n) is 6.29. The lowest BCUT2D eigenvalue weighted by Gasteiger charge is -2.33. The molecular weight excluding hydrogens is 248 g/mol. The molecule has 1 fully saturated rings. The molecule has 18 heavy (non-hydrogen) atoms. The fraction of sp³-hybridized carbons (Fsp3) is 0.615. The average molecular weight is 268 g/mol. The summed E-state index contributed by atoms with van der Waals surface area (Å²) in [6.45, 7) is 3.85. The molecule has 0 N–H and O–H groups in total. The molecule has 1 aromatic rings. The van der Waals surface area contributed by atoms with Crippen molar-refractivity contribution in [2.24, 2.45) is 5.92 Å². The zero-order valence-electron chi connectivity index (χ0n) is 11.0. The highest BCUT2D eigenvalue weighted by Crippen LogP contribution is 2.24. The van der Waals surface area contributed by atoms with E-state index in [0.29, 0.717) is 11.7 Å². The van der Waals surface area contributed by atoms with Crippen LogP contribution in [-0.2, 0) is 9.84 Å². The van der Waals surface area contributed by atoms with Gasteiger partial charge in [-0.1, -0.05) is 0 Å². The first-order valence-corrected chi connectivity index (χ1v) is 8.35. The van der Waals surface area contributed by atoms with Crippen LogP contribution in [0.5, 0.6) is 0 Å². The van der Waals surface area contributed by atoms with Crippen LogP contribution in [0.3, 0.4) is 0 Å². The lowest BCUT2D eigenvalue weighted by Crippen LogP contribution is -2.35. The second kappa shape index (κ2) is 5.26. The van der Waals surface area contributed by atoms with E-state index in [1.807, 2.05) is 19.2 Å². The average Bonchev–Trinajstić information content (AvgIpc) is 2.28. The quantitative estimate of drug-likeness (QED) is 0.836. The Morgan fingerprint density at radius 2 is 2.06 bits per heavy atom. The third-order valence-corrected chi connectivity index (χ3v) is 4.48. The Bertz CT molecular complexity index is 505. The summed E-state index contributed by atoms with van der Waals surface area (Å²) in [7, 11) is -2.84. The zero-order valence-corrected chi connectivity index (χ0v) is 11.8. The largest absolute Gasteiger partial charge is 0.371 e. The van der Waals surface area contributed by atoms with Crippen molar-refractivity contribution in [3.63, 3.8) is 0 Å². The molecule has 2 rings (SSSR count). The normalized spacial score (nSPS) is 18.0. The van der Waals surface area contributed by atoms with Gasteiger partial charge in [-0.05, 0) is 37.8 Å². The van der Waals surface area contributed by atoms with E-state index in [1.54, 1.807) is 0 Å². The Kier molecular flexibility index (Phi) is 3.90. The number of hydrogen-bond acceptors (Lipinski definition) is 4. The van der Waals surface area contributed by atoms with Gasteiger partial charge in [0.15, 0.2) is 0 Å². The van der Waals surface area contributed by atoms with Gasteiger partial charge in [0.25, 0.3) is 0 Å². The number of anilines is 1. The number of piperidine rings is 1. The fourth-order valence-corrected chi connectivity index (χ4v) is 3.70. The number of nitrogens with zero attached hydrogens (tertiary/aromatic N) is 2. The summed E-state index contributed by atoms with van der Waals surface area (Å²) in [5.74, 6) is 0.648. The standard InChI is InChI=1S/C13H20N2O2S/c1-11-9-13(3-6-14-11)15-7-4-12(5-8-15)10-18(2,16)17/h3,6,9,12H,4-5,7-8,10H2,1-2H3. The van der Waals surface area contributed by atoms with Crippen LogP contribution in [0.1, 0.15) is 18.5 Å². The van der Waals surface area contributed by atoms with Gasteiger partial charge in [-0.15, -0.1) is 0 Å². The Hall–Kier alpha value is -1.10. The summed E-state index contributed by atoms with van der Waals surface area (Å²) in [6, 6.07) is 4.10. The molecule has 100 valence electrons. The summed E-state index contributed by atoms with van der Waals surface area (Å²) in [4.78, 5) is 6.51. The maximum absolute atomic E-state index is 11.3. The first kappa shape index (κ1) is 13.3. The maximum atomic E-state index is 11.3. The Balaban J connectivity index is 1.94. The molecule has 0 aliphatic carbocycles. The molecule has 0 amide bonds. The summed E-state index contributed by atoms with van der Waals surface area (Å²) in [6.07, 6.45) is 5.06. The van der Waals surface area contributed by atoms with Gasteiger partial charge < -0.3 is 4.90 Å². The molecule has 0 bridgehead atoms. The van der Waals surface area contributed by atoms with E-state index in [1.165, 1.54) is 11.9 Å². The van der Waals surface area contributed by atoms with Crippen molar-refractivity contribution in [1.82, 2.24) is 4.98 Å². The molecule has 0 spiro atoms. The van der Waals surface area contributed by atoms with Crippen LogP contribution in [-0.4, -0.2) is 38.5 Å². The topological polar surface area (TPSA) is 50.3 Å². The molecule has 1 aromatic heterocycles. The van der Waals surface area contributed by atoms with Crippen molar-refractivity contribution in [2.45, 2.75) is 19.8 Å². The Morgan fingerprint density at radius 1 is 1.39 bits per heavy atom. The van der Waals surface area contributed by atoms with Crippen LogP contribution in [0.25, 0.3) is 0 Å². The summed E-state index contributed by atoms with van der Waals surface area (Å²) < 4.78 is 22.5. The number of pyridine rings is 1. The van der Waals surface area contributed by atoms with E-state index in [2.05, 4.69) is 16.0 Å². The monoisotopic (exact) mass is 268 g/mol. The zero-order chi connectivity index (χ0) is 13.2. The van der Waals surface area contributed by atoms with Crippen LogP contribution in [0, 0.1) is 12.8 Å². The second-order valence-corrected chi connectivity index (χ2v) is 7.36. The van der Waals surface area contributed by atoms with Gasteiger partial charge in [-0.2, -0.15) is 0 Å². The van der Waals surface area contributed by atoms with Gasteiger partial charge in [0, 0.05) is 36.9 Å². The van der Waals surface area contributed by atoms with Gasteiger partial charge in [-0.3, -0.25) is 4.98 Å². The summed E-state index contributed by atoms with van der Waals surface area (Å²) in [5.41, 5.74) is 2.21. The van der Waals surface area contributed by atoms with E-state index in [0.717, 1.165) is 31.6 Å². The predicted molar refractivity (Wildman–Crippen MR) is 73.6 cm³/mol. The molecule has 4 nitrogen and oxygen atoms in total. The fourth-order valence-electron chi connectivity index (χ4n) is 2.51.